The second-order valence-electron chi connectivity index (χ2n) is 4.41. The summed E-state index contributed by atoms with van der Waals surface area (Å²) in [5.74, 6) is 2.43. The van der Waals surface area contributed by atoms with E-state index in [1.54, 1.807) is 21.3 Å². The normalized spacial score (nSPS) is 10.1. The molecule has 0 radical (unpaired) electrons. The molecule has 0 aliphatic rings. The summed E-state index contributed by atoms with van der Waals surface area (Å²) in [7, 11) is 4.96. The van der Waals surface area contributed by atoms with Crippen molar-refractivity contribution >= 4 is 21.6 Å². The van der Waals surface area contributed by atoms with Gasteiger partial charge in [-0.2, -0.15) is 0 Å². The number of ether oxygens (including phenoxy) is 3. The van der Waals surface area contributed by atoms with Crippen LogP contribution in [0.25, 0.3) is 0 Å². The van der Waals surface area contributed by atoms with Crippen molar-refractivity contribution in [3.05, 3.63) is 46.4 Å². The molecule has 4 nitrogen and oxygen atoms in total. The molecule has 21 heavy (non-hydrogen) atoms. The monoisotopic (exact) mass is 351 g/mol. The number of rotatable bonds is 6. The number of anilines is 1. The van der Waals surface area contributed by atoms with E-state index in [1.807, 2.05) is 36.4 Å². The van der Waals surface area contributed by atoms with E-state index in [0.29, 0.717) is 6.54 Å². The minimum Gasteiger partial charge on any atom is -0.497 e. The molecule has 2 aromatic carbocycles. The second kappa shape index (κ2) is 7.22. The van der Waals surface area contributed by atoms with Crippen LogP contribution in [0.2, 0.25) is 0 Å². The molecule has 0 unspecified atom stereocenters. The molecule has 0 bridgehead atoms. The van der Waals surface area contributed by atoms with E-state index in [2.05, 4.69) is 21.2 Å². The van der Waals surface area contributed by atoms with E-state index in [-0.39, 0.29) is 0 Å². The molecule has 0 aliphatic carbocycles. The Kier molecular flexibility index (Phi) is 5.33. The average molecular weight is 352 g/mol. The van der Waals surface area contributed by atoms with Gasteiger partial charge in [-0.05, 0) is 30.3 Å². The molecule has 0 saturated carbocycles. The van der Waals surface area contributed by atoms with E-state index in [0.717, 1.165) is 33.0 Å². The maximum absolute atomic E-state index is 5.37. The van der Waals surface area contributed by atoms with Crippen LogP contribution in [0.5, 0.6) is 17.2 Å². The van der Waals surface area contributed by atoms with Gasteiger partial charge < -0.3 is 19.5 Å². The third kappa shape index (κ3) is 4.04. The van der Waals surface area contributed by atoms with Gasteiger partial charge in [0.1, 0.15) is 17.2 Å². The lowest BCUT2D eigenvalue weighted by molar-refractivity contribution is 0.399. The number of methoxy groups -OCH3 is 3. The van der Waals surface area contributed by atoms with Gasteiger partial charge in [0.25, 0.3) is 0 Å². The highest BCUT2D eigenvalue weighted by Gasteiger charge is 2.06. The van der Waals surface area contributed by atoms with Gasteiger partial charge in [0.2, 0.25) is 0 Å². The molecule has 0 spiro atoms. The second-order valence-corrected chi connectivity index (χ2v) is 5.33. The molecule has 0 fully saturated rings. The summed E-state index contributed by atoms with van der Waals surface area (Å²) in [4.78, 5) is 0. The van der Waals surface area contributed by atoms with Crippen LogP contribution >= 0.6 is 15.9 Å². The van der Waals surface area contributed by atoms with Crippen molar-refractivity contribution in [2.45, 2.75) is 6.54 Å². The fourth-order valence-corrected chi connectivity index (χ4v) is 2.47. The van der Waals surface area contributed by atoms with Gasteiger partial charge in [0, 0.05) is 28.3 Å². The van der Waals surface area contributed by atoms with Gasteiger partial charge in [0.05, 0.1) is 21.3 Å². The Labute approximate surface area is 133 Å². The van der Waals surface area contributed by atoms with Crippen LogP contribution in [0.3, 0.4) is 0 Å². The van der Waals surface area contributed by atoms with Crippen molar-refractivity contribution in [1.29, 1.82) is 0 Å². The van der Waals surface area contributed by atoms with E-state index in [9.17, 15) is 0 Å². The molecule has 2 rings (SSSR count). The number of hydrogen-bond donors (Lipinski definition) is 1. The first-order valence-electron chi connectivity index (χ1n) is 6.45. The Balaban J connectivity index is 2.17. The summed E-state index contributed by atoms with van der Waals surface area (Å²) < 4.78 is 16.8. The molecule has 0 aromatic heterocycles. The summed E-state index contributed by atoms with van der Waals surface area (Å²) in [5, 5.41) is 3.36. The lowest BCUT2D eigenvalue weighted by Crippen LogP contribution is -2.02. The van der Waals surface area contributed by atoms with E-state index in [4.69, 9.17) is 14.2 Å². The third-order valence-corrected chi connectivity index (χ3v) is 3.54. The Morgan fingerprint density at radius 3 is 2.33 bits per heavy atom. The Morgan fingerprint density at radius 2 is 1.67 bits per heavy atom. The van der Waals surface area contributed by atoms with E-state index >= 15 is 0 Å². The van der Waals surface area contributed by atoms with E-state index in [1.165, 1.54) is 0 Å². The van der Waals surface area contributed by atoms with Crippen molar-refractivity contribution in [3.8, 4) is 17.2 Å². The Morgan fingerprint density at radius 1 is 0.905 bits per heavy atom. The maximum Gasteiger partial charge on any atom is 0.124 e. The number of hydrogen-bond acceptors (Lipinski definition) is 4. The van der Waals surface area contributed by atoms with Gasteiger partial charge >= 0.3 is 0 Å². The van der Waals surface area contributed by atoms with Gasteiger partial charge in [-0.25, -0.2) is 0 Å². The summed E-state index contributed by atoms with van der Waals surface area (Å²) in [6, 6.07) is 11.6. The molecule has 112 valence electrons. The highest BCUT2D eigenvalue weighted by atomic mass is 79.9. The standard InChI is InChI=1S/C16H18BrNO3/c1-19-14-4-5-16(21-3)11(6-14)10-18-13-7-12(17)8-15(9-13)20-2/h4-9,18H,10H2,1-3H3. The van der Waals surface area contributed by atoms with Gasteiger partial charge in [-0.1, -0.05) is 15.9 Å². The Hall–Kier alpha value is -1.88. The van der Waals surface area contributed by atoms with Crippen molar-refractivity contribution < 1.29 is 14.2 Å². The summed E-state index contributed by atoms with van der Waals surface area (Å²) in [6.07, 6.45) is 0. The highest BCUT2D eigenvalue weighted by molar-refractivity contribution is 9.10. The van der Waals surface area contributed by atoms with Crippen LogP contribution in [0.4, 0.5) is 5.69 Å². The van der Waals surface area contributed by atoms with Crippen molar-refractivity contribution in [1.82, 2.24) is 0 Å². The third-order valence-electron chi connectivity index (χ3n) is 3.08. The fraction of sp³-hybridized carbons (Fsp3) is 0.250. The van der Waals surface area contributed by atoms with Crippen LogP contribution < -0.4 is 19.5 Å². The van der Waals surface area contributed by atoms with Crippen molar-refractivity contribution in [3.63, 3.8) is 0 Å². The molecule has 5 heteroatoms. The maximum atomic E-state index is 5.37. The molecular formula is C16H18BrNO3. The number of benzene rings is 2. The molecule has 0 atom stereocenters. The number of nitrogens with one attached hydrogen (secondary N) is 1. The predicted octanol–water partition coefficient (Wildman–Crippen LogP) is 4.09. The van der Waals surface area contributed by atoms with Crippen LogP contribution in [0, 0.1) is 0 Å². The quantitative estimate of drug-likeness (QED) is 0.850. The largest absolute Gasteiger partial charge is 0.497 e. The first-order chi connectivity index (χ1) is 10.2. The van der Waals surface area contributed by atoms with Gasteiger partial charge in [-0.3, -0.25) is 0 Å². The lowest BCUT2D eigenvalue weighted by Gasteiger charge is -2.13. The summed E-state index contributed by atoms with van der Waals surface area (Å²) >= 11 is 3.47. The first kappa shape index (κ1) is 15.5. The molecule has 0 saturated heterocycles. The minimum absolute atomic E-state index is 0.625. The van der Waals surface area contributed by atoms with Crippen molar-refractivity contribution in [2.24, 2.45) is 0 Å². The molecule has 1 N–H and O–H groups in total. The molecule has 0 amide bonds. The van der Waals surface area contributed by atoms with Crippen LogP contribution in [-0.2, 0) is 6.54 Å². The zero-order valence-corrected chi connectivity index (χ0v) is 13.9. The van der Waals surface area contributed by atoms with Crippen LogP contribution in [0.1, 0.15) is 5.56 Å². The fourth-order valence-electron chi connectivity index (χ4n) is 2.00. The van der Waals surface area contributed by atoms with Gasteiger partial charge in [-0.15, -0.1) is 0 Å². The lowest BCUT2D eigenvalue weighted by atomic mass is 10.2. The smallest absolute Gasteiger partial charge is 0.124 e. The highest BCUT2D eigenvalue weighted by Crippen LogP contribution is 2.27. The van der Waals surface area contributed by atoms with E-state index < -0.39 is 0 Å². The minimum atomic E-state index is 0.625. The molecule has 0 aliphatic heterocycles. The molecule has 0 heterocycles. The zero-order chi connectivity index (χ0) is 15.2. The summed E-state index contributed by atoms with van der Waals surface area (Å²) in [6.45, 7) is 0.625. The first-order valence-corrected chi connectivity index (χ1v) is 7.25. The van der Waals surface area contributed by atoms with Crippen LogP contribution in [0.15, 0.2) is 40.9 Å². The summed E-state index contributed by atoms with van der Waals surface area (Å²) in [5.41, 5.74) is 1.99. The number of halogens is 1. The predicted molar refractivity (Wildman–Crippen MR) is 87.6 cm³/mol. The average Bonchev–Trinajstić information content (AvgIpc) is 2.51. The van der Waals surface area contributed by atoms with Gasteiger partial charge in [0.15, 0.2) is 0 Å². The SMILES string of the molecule is COc1cc(Br)cc(NCc2cc(OC)ccc2OC)c1. The topological polar surface area (TPSA) is 39.7 Å². The Bertz CT molecular complexity index is 616. The molecule has 2 aromatic rings. The zero-order valence-electron chi connectivity index (χ0n) is 12.3. The van der Waals surface area contributed by atoms with Crippen molar-refractivity contribution in [2.75, 3.05) is 26.6 Å². The molecular weight excluding hydrogens is 334 g/mol. The van der Waals surface area contributed by atoms with Crippen LogP contribution in [-0.4, -0.2) is 21.3 Å².